The van der Waals surface area contributed by atoms with Crippen molar-refractivity contribution in [1.29, 1.82) is 0 Å². The zero-order valence-electron chi connectivity index (χ0n) is 12.6. The largest absolute Gasteiger partial charge is 0.337 e. The molecule has 118 valence electrons. The number of halogens is 1. The Bertz CT molecular complexity index is 575. The van der Waals surface area contributed by atoms with Crippen LogP contribution < -0.4 is 10.2 Å². The van der Waals surface area contributed by atoms with Gasteiger partial charge in [-0.3, -0.25) is 9.59 Å². The second-order valence-electron chi connectivity index (χ2n) is 5.97. The fraction of sp³-hybridized carbons (Fsp3) is 0.500. The van der Waals surface area contributed by atoms with Crippen LogP contribution in [0.3, 0.4) is 0 Å². The Labute approximate surface area is 135 Å². The van der Waals surface area contributed by atoms with Gasteiger partial charge in [-0.05, 0) is 31.2 Å². The molecule has 6 heteroatoms. The van der Waals surface area contributed by atoms with Gasteiger partial charge in [0.25, 0.3) is 0 Å². The number of nitrogens with one attached hydrogen (secondary N) is 1. The maximum Gasteiger partial charge on any atom is 0.228 e. The molecule has 2 heterocycles. The van der Waals surface area contributed by atoms with Gasteiger partial charge in [0.05, 0.1) is 5.92 Å². The zero-order valence-corrected chi connectivity index (χ0v) is 13.3. The standard InChI is InChI=1S/C16H20ClN3O2/c1-11-9-18-6-7-19(11)16(22)12-8-15(21)20(10-12)14-4-2-13(17)3-5-14/h2-5,11-12,18H,6-10H2,1H3/t11-,12?/m1/s1. The number of hydrogen-bond acceptors (Lipinski definition) is 3. The van der Waals surface area contributed by atoms with Crippen molar-refractivity contribution in [3.8, 4) is 0 Å². The van der Waals surface area contributed by atoms with Gasteiger partial charge in [-0.25, -0.2) is 0 Å². The summed E-state index contributed by atoms with van der Waals surface area (Å²) >= 11 is 5.88. The minimum atomic E-state index is -0.247. The fourth-order valence-electron chi connectivity index (χ4n) is 3.15. The number of carbonyl (C=O) groups excluding carboxylic acids is 2. The van der Waals surface area contributed by atoms with Gasteiger partial charge in [0, 0.05) is 49.4 Å². The Morgan fingerprint density at radius 3 is 2.73 bits per heavy atom. The van der Waals surface area contributed by atoms with E-state index in [1.54, 1.807) is 17.0 Å². The van der Waals surface area contributed by atoms with Crippen molar-refractivity contribution in [2.75, 3.05) is 31.1 Å². The van der Waals surface area contributed by atoms with E-state index >= 15 is 0 Å². The molecule has 2 aliphatic heterocycles. The van der Waals surface area contributed by atoms with E-state index in [2.05, 4.69) is 5.32 Å². The van der Waals surface area contributed by atoms with Gasteiger partial charge in [0.15, 0.2) is 0 Å². The lowest BCUT2D eigenvalue weighted by molar-refractivity contribution is -0.138. The molecular weight excluding hydrogens is 302 g/mol. The SMILES string of the molecule is C[C@@H]1CNCCN1C(=O)C1CC(=O)N(c2ccc(Cl)cc2)C1. The number of benzene rings is 1. The molecular formula is C16H20ClN3O2. The van der Waals surface area contributed by atoms with Crippen molar-refractivity contribution in [2.24, 2.45) is 5.92 Å². The van der Waals surface area contributed by atoms with E-state index in [0.29, 0.717) is 18.1 Å². The number of rotatable bonds is 2. The summed E-state index contributed by atoms with van der Waals surface area (Å²) in [6.45, 7) is 4.84. The van der Waals surface area contributed by atoms with Crippen molar-refractivity contribution in [3.05, 3.63) is 29.3 Å². The molecule has 0 aliphatic carbocycles. The lowest BCUT2D eigenvalue weighted by atomic mass is 10.1. The average molecular weight is 322 g/mol. The normalized spacial score (nSPS) is 25.6. The van der Waals surface area contributed by atoms with Crippen molar-refractivity contribution < 1.29 is 9.59 Å². The predicted octanol–water partition coefficient (Wildman–Crippen LogP) is 1.51. The molecule has 1 N–H and O–H groups in total. The monoisotopic (exact) mass is 321 g/mol. The molecule has 0 aromatic heterocycles. The molecule has 2 atom stereocenters. The van der Waals surface area contributed by atoms with Crippen molar-refractivity contribution in [3.63, 3.8) is 0 Å². The minimum Gasteiger partial charge on any atom is -0.337 e. The molecule has 2 amide bonds. The molecule has 2 fully saturated rings. The third-order valence-corrected chi connectivity index (χ3v) is 4.65. The summed E-state index contributed by atoms with van der Waals surface area (Å²) in [7, 11) is 0. The summed E-state index contributed by atoms with van der Waals surface area (Å²) in [6.07, 6.45) is 0.290. The van der Waals surface area contributed by atoms with Crippen LogP contribution in [-0.2, 0) is 9.59 Å². The molecule has 0 bridgehead atoms. The van der Waals surface area contributed by atoms with Gasteiger partial charge in [0.2, 0.25) is 11.8 Å². The van der Waals surface area contributed by atoms with E-state index in [1.165, 1.54) is 0 Å². The first kappa shape index (κ1) is 15.3. The first-order chi connectivity index (χ1) is 10.6. The van der Waals surface area contributed by atoms with Crippen LogP contribution in [0.2, 0.25) is 5.02 Å². The maximum atomic E-state index is 12.7. The summed E-state index contributed by atoms with van der Waals surface area (Å²) < 4.78 is 0. The summed E-state index contributed by atoms with van der Waals surface area (Å²) in [5.74, 6) is -0.147. The first-order valence-corrected chi connectivity index (χ1v) is 8.01. The molecule has 1 aromatic carbocycles. The number of nitrogens with zero attached hydrogens (tertiary/aromatic N) is 2. The quantitative estimate of drug-likeness (QED) is 0.898. The molecule has 5 nitrogen and oxygen atoms in total. The molecule has 0 spiro atoms. The van der Waals surface area contributed by atoms with Crippen molar-refractivity contribution >= 4 is 29.1 Å². The number of carbonyl (C=O) groups is 2. The average Bonchev–Trinajstić information content (AvgIpc) is 2.90. The van der Waals surface area contributed by atoms with Gasteiger partial charge >= 0.3 is 0 Å². The van der Waals surface area contributed by atoms with Crippen LogP contribution in [0.1, 0.15) is 13.3 Å². The topological polar surface area (TPSA) is 52.7 Å². The van der Waals surface area contributed by atoms with E-state index in [-0.39, 0.29) is 30.2 Å². The van der Waals surface area contributed by atoms with E-state index in [4.69, 9.17) is 11.6 Å². The Hall–Kier alpha value is -1.59. The molecule has 2 aliphatic rings. The van der Waals surface area contributed by atoms with Gasteiger partial charge < -0.3 is 15.1 Å². The molecule has 0 saturated carbocycles. The lowest BCUT2D eigenvalue weighted by Gasteiger charge is -2.35. The van der Waals surface area contributed by atoms with E-state index in [0.717, 1.165) is 18.8 Å². The second kappa shape index (κ2) is 6.26. The summed E-state index contributed by atoms with van der Waals surface area (Å²) in [5, 5.41) is 3.91. The van der Waals surface area contributed by atoms with Gasteiger partial charge in [-0.1, -0.05) is 11.6 Å². The highest BCUT2D eigenvalue weighted by molar-refractivity contribution is 6.30. The summed E-state index contributed by atoms with van der Waals surface area (Å²) in [4.78, 5) is 28.5. The summed E-state index contributed by atoms with van der Waals surface area (Å²) in [6, 6.07) is 7.34. The zero-order chi connectivity index (χ0) is 15.7. The Kier molecular flexibility index (Phi) is 4.36. The third kappa shape index (κ3) is 2.96. The Morgan fingerprint density at radius 1 is 1.32 bits per heavy atom. The summed E-state index contributed by atoms with van der Waals surface area (Å²) in [5.41, 5.74) is 0.804. The second-order valence-corrected chi connectivity index (χ2v) is 6.40. The number of amides is 2. The number of anilines is 1. The van der Waals surface area contributed by atoms with Crippen LogP contribution in [0.15, 0.2) is 24.3 Å². The van der Waals surface area contributed by atoms with E-state index in [1.807, 2.05) is 24.0 Å². The van der Waals surface area contributed by atoms with Crippen molar-refractivity contribution in [1.82, 2.24) is 10.2 Å². The van der Waals surface area contributed by atoms with Crippen LogP contribution in [0.25, 0.3) is 0 Å². The molecule has 1 aromatic rings. The predicted molar refractivity (Wildman–Crippen MR) is 86.0 cm³/mol. The van der Waals surface area contributed by atoms with Gasteiger partial charge in [0.1, 0.15) is 0 Å². The molecule has 1 unspecified atom stereocenters. The number of piperazine rings is 1. The van der Waals surface area contributed by atoms with Gasteiger partial charge in [-0.15, -0.1) is 0 Å². The highest BCUT2D eigenvalue weighted by Crippen LogP contribution is 2.27. The molecule has 2 saturated heterocycles. The lowest BCUT2D eigenvalue weighted by Crippen LogP contribution is -2.54. The third-order valence-electron chi connectivity index (χ3n) is 4.40. The van der Waals surface area contributed by atoms with Crippen molar-refractivity contribution in [2.45, 2.75) is 19.4 Å². The minimum absolute atomic E-state index is 0.00320. The highest BCUT2D eigenvalue weighted by Gasteiger charge is 2.38. The molecule has 22 heavy (non-hydrogen) atoms. The van der Waals surface area contributed by atoms with Crippen LogP contribution >= 0.6 is 11.6 Å². The first-order valence-electron chi connectivity index (χ1n) is 7.63. The molecule has 0 radical (unpaired) electrons. The number of hydrogen-bond donors (Lipinski definition) is 1. The Balaban J connectivity index is 1.71. The van der Waals surface area contributed by atoms with Crippen LogP contribution in [0, 0.1) is 5.92 Å². The maximum absolute atomic E-state index is 12.7. The van der Waals surface area contributed by atoms with Crippen LogP contribution in [0.4, 0.5) is 5.69 Å². The highest BCUT2D eigenvalue weighted by atomic mass is 35.5. The smallest absolute Gasteiger partial charge is 0.228 e. The van der Waals surface area contributed by atoms with Crippen LogP contribution in [0.5, 0.6) is 0 Å². The fourth-order valence-corrected chi connectivity index (χ4v) is 3.27. The van der Waals surface area contributed by atoms with E-state index in [9.17, 15) is 9.59 Å². The Morgan fingerprint density at radius 2 is 2.05 bits per heavy atom. The van der Waals surface area contributed by atoms with Gasteiger partial charge in [-0.2, -0.15) is 0 Å². The van der Waals surface area contributed by atoms with Crippen LogP contribution in [-0.4, -0.2) is 48.9 Å². The van der Waals surface area contributed by atoms with E-state index < -0.39 is 0 Å². The molecule has 3 rings (SSSR count).